The van der Waals surface area contributed by atoms with Crippen LogP contribution in [0.1, 0.15) is 18.1 Å². The molecular weight excluding hydrogens is 310 g/mol. The molecule has 0 aliphatic rings. The standard InChI is InChI=1S/C20H23N5/c1-3-25(16-18-12-8-5-9-13-18)19-14-21-23-20(22-19)24(2)15-17-10-6-4-7-11-17/h4-14H,3,15-16H2,1-2H3. The number of hydrogen-bond acceptors (Lipinski definition) is 5. The van der Waals surface area contributed by atoms with Crippen molar-refractivity contribution in [2.24, 2.45) is 0 Å². The largest absolute Gasteiger partial charge is 0.351 e. The molecule has 1 aromatic heterocycles. The number of hydrogen-bond donors (Lipinski definition) is 0. The first-order valence-electron chi connectivity index (χ1n) is 8.50. The Morgan fingerprint density at radius 1 is 0.840 bits per heavy atom. The van der Waals surface area contributed by atoms with Crippen LogP contribution in [0.25, 0.3) is 0 Å². The van der Waals surface area contributed by atoms with Crippen LogP contribution in [0.15, 0.2) is 66.9 Å². The molecule has 0 radical (unpaired) electrons. The van der Waals surface area contributed by atoms with Crippen molar-refractivity contribution < 1.29 is 0 Å². The van der Waals surface area contributed by atoms with Crippen LogP contribution in [-0.2, 0) is 13.1 Å². The molecule has 0 spiro atoms. The van der Waals surface area contributed by atoms with Crippen molar-refractivity contribution in [1.82, 2.24) is 15.2 Å². The summed E-state index contributed by atoms with van der Waals surface area (Å²) in [5, 5.41) is 8.36. The highest BCUT2D eigenvalue weighted by Crippen LogP contribution is 2.17. The summed E-state index contributed by atoms with van der Waals surface area (Å²) in [5.74, 6) is 1.48. The first-order valence-corrected chi connectivity index (χ1v) is 8.50. The third-order valence-corrected chi connectivity index (χ3v) is 4.06. The molecule has 1 heterocycles. The molecule has 3 aromatic rings. The van der Waals surface area contributed by atoms with Crippen molar-refractivity contribution >= 4 is 11.8 Å². The van der Waals surface area contributed by atoms with Crippen molar-refractivity contribution in [3.05, 3.63) is 78.0 Å². The van der Waals surface area contributed by atoms with Gasteiger partial charge in [-0.25, -0.2) is 0 Å². The molecule has 0 aliphatic heterocycles. The van der Waals surface area contributed by atoms with Crippen LogP contribution < -0.4 is 9.80 Å². The monoisotopic (exact) mass is 333 g/mol. The summed E-state index contributed by atoms with van der Waals surface area (Å²) in [6, 6.07) is 20.7. The average molecular weight is 333 g/mol. The summed E-state index contributed by atoms with van der Waals surface area (Å²) in [6.07, 6.45) is 1.73. The van der Waals surface area contributed by atoms with Gasteiger partial charge in [0, 0.05) is 26.7 Å². The summed E-state index contributed by atoms with van der Waals surface area (Å²) < 4.78 is 0. The molecule has 0 amide bonds. The van der Waals surface area contributed by atoms with Crippen molar-refractivity contribution in [2.45, 2.75) is 20.0 Å². The molecule has 25 heavy (non-hydrogen) atoms. The van der Waals surface area contributed by atoms with Crippen molar-refractivity contribution in [3.8, 4) is 0 Å². The van der Waals surface area contributed by atoms with E-state index in [1.165, 1.54) is 11.1 Å². The van der Waals surface area contributed by atoms with E-state index in [0.717, 1.165) is 25.5 Å². The molecule has 5 heteroatoms. The van der Waals surface area contributed by atoms with Crippen LogP contribution in [0.5, 0.6) is 0 Å². The zero-order valence-electron chi connectivity index (χ0n) is 14.7. The smallest absolute Gasteiger partial charge is 0.247 e. The van der Waals surface area contributed by atoms with Gasteiger partial charge >= 0.3 is 0 Å². The Labute approximate surface area is 149 Å². The van der Waals surface area contributed by atoms with Crippen LogP contribution in [0, 0.1) is 0 Å². The predicted molar refractivity (Wildman–Crippen MR) is 102 cm³/mol. The SMILES string of the molecule is CCN(Cc1ccccc1)c1cnnc(N(C)Cc2ccccc2)n1. The van der Waals surface area contributed by atoms with Crippen molar-refractivity contribution in [1.29, 1.82) is 0 Å². The van der Waals surface area contributed by atoms with Crippen LogP contribution in [0.2, 0.25) is 0 Å². The fourth-order valence-electron chi connectivity index (χ4n) is 2.69. The third kappa shape index (κ3) is 4.53. The van der Waals surface area contributed by atoms with Gasteiger partial charge in [-0.2, -0.15) is 10.1 Å². The summed E-state index contributed by atoms with van der Waals surface area (Å²) >= 11 is 0. The van der Waals surface area contributed by atoms with Gasteiger partial charge in [0.05, 0.1) is 6.20 Å². The van der Waals surface area contributed by atoms with Gasteiger partial charge in [-0.3, -0.25) is 0 Å². The highest BCUT2D eigenvalue weighted by atomic mass is 15.3. The summed E-state index contributed by atoms with van der Waals surface area (Å²) in [6.45, 7) is 4.53. The van der Waals surface area contributed by atoms with E-state index in [1.54, 1.807) is 6.20 Å². The van der Waals surface area contributed by atoms with E-state index in [9.17, 15) is 0 Å². The van der Waals surface area contributed by atoms with Gasteiger partial charge in [0.2, 0.25) is 5.95 Å². The number of nitrogens with zero attached hydrogens (tertiary/aromatic N) is 5. The quantitative estimate of drug-likeness (QED) is 0.662. The number of anilines is 2. The molecule has 0 N–H and O–H groups in total. The summed E-state index contributed by atoms with van der Waals surface area (Å²) in [5.41, 5.74) is 2.47. The predicted octanol–water partition coefficient (Wildman–Crippen LogP) is 3.53. The summed E-state index contributed by atoms with van der Waals surface area (Å²) in [7, 11) is 1.99. The summed E-state index contributed by atoms with van der Waals surface area (Å²) in [4.78, 5) is 8.93. The lowest BCUT2D eigenvalue weighted by molar-refractivity contribution is 0.775. The molecule has 0 fully saturated rings. The van der Waals surface area contributed by atoms with Gasteiger partial charge in [0.1, 0.15) is 0 Å². The van der Waals surface area contributed by atoms with Crippen molar-refractivity contribution in [2.75, 3.05) is 23.4 Å². The first-order chi connectivity index (χ1) is 12.3. The molecule has 128 valence electrons. The van der Waals surface area contributed by atoms with E-state index in [0.29, 0.717) is 5.95 Å². The number of benzene rings is 2. The minimum atomic E-state index is 0.632. The lowest BCUT2D eigenvalue weighted by Crippen LogP contribution is -2.25. The molecule has 3 rings (SSSR count). The fraction of sp³-hybridized carbons (Fsp3) is 0.250. The van der Waals surface area contributed by atoms with E-state index in [-0.39, 0.29) is 0 Å². The Bertz CT molecular complexity index is 776. The second kappa shape index (κ2) is 8.24. The van der Waals surface area contributed by atoms with Crippen LogP contribution in [0.3, 0.4) is 0 Å². The highest BCUT2D eigenvalue weighted by Gasteiger charge is 2.12. The normalized spacial score (nSPS) is 10.5. The lowest BCUT2D eigenvalue weighted by Gasteiger charge is -2.23. The fourth-order valence-corrected chi connectivity index (χ4v) is 2.69. The highest BCUT2D eigenvalue weighted by molar-refractivity contribution is 5.42. The minimum Gasteiger partial charge on any atom is -0.351 e. The second-order valence-corrected chi connectivity index (χ2v) is 5.96. The van der Waals surface area contributed by atoms with Gasteiger partial charge in [-0.1, -0.05) is 60.7 Å². The molecule has 5 nitrogen and oxygen atoms in total. The van der Waals surface area contributed by atoms with Gasteiger partial charge in [-0.05, 0) is 18.1 Å². The molecular formula is C20H23N5. The van der Waals surface area contributed by atoms with Gasteiger partial charge < -0.3 is 9.80 Å². The van der Waals surface area contributed by atoms with Crippen LogP contribution in [0.4, 0.5) is 11.8 Å². The van der Waals surface area contributed by atoms with E-state index < -0.39 is 0 Å². The molecule has 2 aromatic carbocycles. The van der Waals surface area contributed by atoms with E-state index in [2.05, 4.69) is 58.4 Å². The Kier molecular flexibility index (Phi) is 5.57. The van der Waals surface area contributed by atoms with Crippen LogP contribution in [-0.4, -0.2) is 28.8 Å². The van der Waals surface area contributed by atoms with Gasteiger partial charge in [0.25, 0.3) is 0 Å². The minimum absolute atomic E-state index is 0.632. The Hall–Kier alpha value is -2.95. The van der Waals surface area contributed by atoms with Gasteiger partial charge in [0.15, 0.2) is 5.82 Å². The maximum atomic E-state index is 4.71. The first kappa shape index (κ1) is 16.9. The third-order valence-electron chi connectivity index (χ3n) is 4.06. The second-order valence-electron chi connectivity index (χ2n) is 5.96. The topological polar surface area (TPSA) is 45.2 Å². The Balaban J connectivity index is 1.75. The number of aromatic nitrogens is 3. The molecule has 0 atom stereocenters. The van der Waals surface area contributed by atoms with Crippen molar-refractivity contribution in [3.63, 3.8) is 0 Å². The zero-order valence-corrected chi connectivity index (χ0v) is 14.7. The van der Waals surface area contributed by atoms with E-state index in [1.807, 2.05) is 36.2 Å². The van der Waals surface area contributed by atoms with E-state index >= 15 is 0 Å². The van der Waals surface area contributed by atoms with Gasteiger partial charge in [-0.15, -0.1) is 5.10 Å². The maximum absolute atomic E-state index is 4.71. The average Bonchev–Trinajstić information content (AvgIpc) is 2.68. The molecule has 0 saturated heterocycles. The number of rotatable bonds is 7. The maximum Gasteiger partial charge on any atom is 0.247 e. The molecule has 0 unspecified atom stereocenters. The Morgan fingerprint density at radius 2 is 1.44 bits per heavy atom. The zero-order chi connectivity index (χ0) is 17.5. The Morgan fingerprint density at radius 3 is 2.04 bits per heavy atom. The lowest BCUT2D eigenvalue weighted by atomic mass is 10.2. The molecule has 0 aliphatic carbocycles. The molecule has 0 saturated carbocycles. The van der Waals surface area contributed by atoms with Crippen LogP contribution >= 0.6 is 0 Å². The van der Waals surface area contributed by atoms with E-state index in [4.69, 9.17) is 4.98 Å². The molecule has 0 bridgehead atoms.